The number of hydrogen-bond donors (Lipinski definition) is 0. The third-order valence-electron chi connectivity index (χ3n) is 3.58. The van der Waals surface area contributed by atoms with E-state index in [0.717, 1.165) is 0 Å². The first-order valence-electron chi connectivity index (χ1n) is 5.91. The molecule has 17 heavy (non-hydrogen) atoms. The summed E-state index contributed by atoms with van der Waals surface area (Å²) in [5, 5.41) is 2.45. The van der Waals surface area contributed by atoms with Crippen molar-refractivity contribution in [3.05, 3.63) is 48.0 Å². The second-order valence-corrected chi connectivity index (χ2v) is 4.63. The maximum Gasteiger partial charge on any atom is 0.309 e. The van der Waals surface area contributed by atoms with E-state index in [0.29, 0.717) is 6.61 Å². The summed E-state index contributed by atoms with van der Waals surface area (Å²) >= 11 is 0. The van der Waals surface area contributed by atoms with Gasteiger partial charge in [0.1, 0.15) is 0 Å². The minimum absolute atomic E-state index is 0.0313. The van der Waals surface area contributed by atoms with Gasteiger partial charge in [0.05, 0.1) is 12.5 Å². The van der Waals surface area contributed by atoms with Gasteiger partial charge in [0.2, 0.25) is 0 Å². The van der Waals surface area contributed by atoms with E-state index in [2.05, 4.69) is 30.3 Å². The molecule has 0 aliphatic carbocycles. The van der Waals surface area contributed by atoms with Crippen LogP contribution in [0.5, 0.6) is 0 Å². The molecule has 86 valence electrons. The predicted molar refractivity (Wildman–Crippen MR) is 66.8 cm³/mol. The Morgan fingerprint density at radius 2 is 1.88 bits per heavy atom. The number of cyclic esters (lactones) is 1. The molecule has 1 saturated heterocycles. The molecular weight excluding hydrogens is 212 g/mol. The highest BCUT2D eigenvalue weighted by molar-refractivity contribution is 5.83. The molecule has 2 atom stereocenters. The van der Waals surface area contributed by atoms with E-state index < -0.39 is 0 Å². The topological polar surface area (TPSA) is 26.3 Å². The number of carbonyl (C=O) groups excluding carboxylic acids is 1. The lowest BCUT2D eigenvalue weighted by Crippen LogP contribution is -2.09. The first-order valence-corrected chi connectivity index (χ1v) is 5.91. The van der Waals surface area contributed by atoms with Gasteiger partial charge >= 0.3 is 5.97 Å². The fourth-order valence-corrected chi connectivity index (χ4v) is 2.44. The highest BCUT2D eigenvalue weighted by Gasteiger charge is 2.34. The van der Waals surface area contributed by atoms with Crippen molar-refractivity contribution >= 4 is 16.7 Å². The van der Waals surface area contributed by atoms with Gasteiger partial charge < -0.3 is 4.74 Å². The van der Waals surface area contributed by atoms with E-state index in [9.17, 15) is 4.79 Å². The average molecular weight is 226 g/mol. The lowest BCUT2D eigenvalue weighted by molar-refractivity contribution is -0.140. The van der Waals surface area contributed by atoms with Gasteiger partial charge in [-0.2, -0.15) is 0 Å². The summed E-state index contributed by atoms with van der Waals surface area (Å²) < 4.78 is 5.11. The van der Waals surface area contributed by atoms with Gasteiger partial charge in [-0.1, -0.05) is 49.4 Å². The Labute approximate surface area is 100 Å². The third-order valence-corrected chi connectivity index (χ3v) is 3.58. The Bertz CT molecular complexity index is 574. The number of carbonyl (C=O) groups is 1. The zero-order valence-corrected chi connectivity index (χ0v) is 9.72. The van der Waals surface area contributed by atoms with Crippen LogP contribution < -0.4 is 0 Å². The molecule has 3 rings (SSSR count). The SMILES string of the molecule is C[C@@H]1C(=O)OC[C@H]1c1ccc2ccccc2c1. The third kappa shape index (κ3) is 1.70. The zero-order valence-electron chi connectivity index (χ0n) is 9.72. The quantitative estimate of drug-likeness (QED) is 0.698. The molecule has 2 aromatic carbocycles. The summed E-state index contributed by atoms with van der Waals surface area (Å²) in [7, 11) is 0. The summed E-state index contributed by atoms with van der Waals surface area (Å²) in [5.41, 5.74) is 1.20. The predicted octanol–water partition coefficient (Wildman–Crippen LogP) is 3.12. The molecule has 0 bridgehead atoms. The van der Waals surface area contributed by atoms with Crippen molar-refractivity contribution in [3.8, 4) is 0 Å². The lowest BCUT2D eigenvalue weighted by atomic mass is 9.89. The summed E-state index contributed by atoms with van der Waals surface area (Å²) in [6.45, 7) is 2.45. The molecule has 0 unspecified atom stereocenters. The standard InChI is InChI=1S/C15H14O2/c1-10-14(9-17-15(10)16)13-7-6-11-4-2-3-5-12(11)8-13/h2-8,10,14H,9H2,1H3/t10-,14+/m0/s1. The van der Waals surface area contributed by atoms with Gasteiger partial charge in [-0.25, -0.2) is 0 Å². The number of rotatable bonds is 1. The molecule has 2 heteroatoms. The lowest BCUT2D eigenvalue weighted by Gasteiger charge is -2.12. The Balaban J connectivity index is 2.04. The molecule has 0 aromatic heterocycles. The fourth-order valence-electron chi connectivity index (χ4n) is 2.44. The van der Waals surface area contributed by atoms with Crippen molar-refractivity contribution in [2.45, 2.75) is 12.8 Å². The summed E-state index contributed by atoms with van der Waals surface area (Å²) in [6, 6.07) is 14.6. The number of fused-ring (bicyclic) bond motifs is 1. The van der Waals surface area contributed by atoms with Crippen LogP contribution in [0.4, 0.5) is 0 Å². The van der Waals surface area contributed by atoms with Crippen molar-refractivity contribution in [1.29, 1.82) is 0 Å². The first kappa shape index (κ1) is 10.3. The minimum atomic E-state index is -0.0804. The van der Waals surface area contributed by atoms with Crippen molar-refractivity contribution in [3.63, 3.8) is 0 Å². The maximum absolute atomic E-state index is 11.4. The van der Waals surface area contributed by atoms with E-state index in [1.54, 1.807) is 0 Å². The smallest absolute Gasteiger partial charge is 0.309 e. The van der Waals surface area contributed by atoms with Gasteiger partial charge in [-0.05, 0) is 16.3 Å². The molecule has 1 heterocycles. The Morgan fingerprint density at radius 1 is 1.12 bits per heavy atom. The van der Waals surface area contributed by atoms with Crippen LogP contribution in [0.2, 0.25) is 0 Å². The van der Waals surface area contributed by atoms with Crippen LogP contribution in [0.15, 0.2) is 42.5 Å². The van der Waals surface area contributed by atoms with Crippen molar-refractivity contribution < 1.29 is 9.53 Å². The summed E-state index contributed by atoms with van der Waals surface area (Å²) in [6.07, 6.45) is 0. The Morgan fingerprint density at radius 3 is 2.59 bits per heavy atom. The van der Waals surface area contributed by atoms with E-state index >= 15 is 0 Å². The van der Waals surface area contributed by atoms with Crippen molar-refractivity contribution in [1.82, 2.24) is 0 Å². The van der Waals surface area contributed by atoms with Crippen molar-refractivity contribution in [2.24, 2.45) is 5.92 Å². The van der Waals surface area contributed by atoms with Crippen LogP contribution in [0, 0.1) is 5.92 Å². The van der Waals surface area contributed by atoms with Crippen LogP contribution in [0.25, 0.3) is 10.8 Å². The van der Waals surface area contributed by atoms with Gasteiger partial charge in [0.15, 0.2) is 0 Å². The zero-order chi connectivity index (χ0) is 11.8. The molecule has 1 aliphatic rings. The summed E-state index contributed by atoms with van der Waals surface area (Å²) in [5.74, 6) is 0.0893. The number of esters is 1. The van der Waals surface area contributed by atoms with Gasteiger partial charge in [-0.15, -0.1) is 0 Å². The molecule has 1 aliphatic heterocycles. The van der Waals surface area contributed by atoms with E-state index in [4.69, 9.17) is 4.74 Å². The molecule has 0 radical (unpaired) electrons. The van der Waals surface area contributed by atoms with Crippen LogP contribution in [0.3, 0.4) is 0 Å². The molecule has 0 amide bonds. The molecule has 0 spiro atoms. The number of benzene rings is 2. The normalized spacial score (nSPS) is 23.9. The monoisotopic (exact) mass is 226 g/mol. The fraction of sp³-hybridized carbons (Fsp3) is 0.267. The molecule has 1 fully saturated rings. The van der Waals surface area contributed by atoms with Gasteiger partial charge in [0.25, 0.3) is 0 Å². The highest BCUT2D eigenvalue weighted by Crippen LogP contribution is 2.32. The van der Waals surface area contributed by atoms with E-state index in [-0.39, 0.29) is 17.8 Å². The largest absolute Gasteiger partial charge is 0.465 e. The van der Waals surface area contributed by atoms with E-state index in [1.807, 2.05) is 19.1 Å². The number of ether oxygens (including phenoxy) is 1. The maximum atomic E-state index is 11.4. The first-order chi connectivity index (χ1) is 8.25. The van der Waals surface area contributed by atoms with E-state index in [1.165, 1.54) is 16.3 Å². The molecule has 2 aromatic rings. The second kappa shape index (κ2) is 3.88. The Kier molecular flexibility index (Phi) is 2.36. The highest BCUT2D eigenvalue weighted by atomic mass is 16.5. The molecular formula is C15H14O2. The van der Waals surface area contributed by atoms with Gasteiger partial charge in [0, 0.05) is 5.92 Å². The van der Waals surface area contributed by atoms with Crippen LogP contribution >= 0.6 is 0 Å². The van der Waals surface area contributed by atoms with Gasteiger partial charge in [-0.3, -0.25) is 4.79 Å². The average Bonchev–Trinajstić information content (AvgIpc) is 2.70. The molecule has 2 nitrogen and oxygen atoms in total. The van der Waals surface area contributed by atoms with Crippen LogP contribution in [-0.2, 0) is 9.53 Å². The van der Waals surface area contributed by atoms with Crippen LogP contribution in [0.1, 0.15) is 18.4 Å². The van der Waals surface area contributed by atoms with Crippen molar-refractivity contribution in [2.75, 3.05) is 6.61 Å². The second-order valence-electron chi connectivity index (χ2n) is 4.63. The minimum Gasteiger partial charge on any atom is -0.465 e. The summed E-state index contributed by atoms with van der Waals surface area (Å²) in [4.78, 5) is 11.4. The molecule has 0 N–H and O–H groups in total. The molecule has 0 saturated carbocycles. The number of hydrogen-bond acceptors (Lipinski definition) is 2. The van der Waals surface area contributed by atoms with Crippen LogP contribution in [-0.4, -0.2) is 12.6 Å². The Hall–Kier alpha value is -1.83.